The molecule has 9 nitrogen and oxygen atoms in total. The van der Waals surface area contributed by atoms with Gasteiger partial charge >= 0.3 is 0 Å². The quantitative estimate of drug-likeness (QED) is 0.548. The van der Waals surface area contributed by atoms with Gasteiger partial charge in [-0.2, -0.15) is 0 Å². The summed E-state index contributed by atoms with van der Waals surface area (Å²) in [7, 11) is 0. The van der Waals surface area contributed by atoms with E-state index in [1.807, 2.05) is 5.43 Å². The summed E-state index contributed by atoms with van der Waals surface area (Å²) in [4.78, 5) is 30.8. The zero-order valence-electron chi connectivity index (χ0n) is 8.45. The highest BCUT2D eigenvalue weighted by molar-refractivity contribution is 5.77. The highest BCUT2D eigenvalue weighted by atomic mass is 16.7. The van der Waals surface area contributed by atoms with Crippen molar-refractivity contribution < 1.29 is 14.8 Å². The molecule has 0 aliphatic rings. The van der Waals surface area contributed by atoms with Crippen molar-refractivity contribution in [2.24, 2.45) is 0 Å². The molecule has 9 heteroatoms. The first kappa shape index (κ1) is 12.4. The number of non-ortho nitro benzene ring substituents is 1. The Morgan fingerprint density at radius 3 is 2.24 bits per heavy atom. The second kappa shape index (κ2) is 5.39. The lowest BCUT2D eigenvalue weighted by atomic mass is 10.1. The molecule has 0 spiro atoms. The number of rotatable bonds is 5. The molecule has 0 radical (unpaired) electrons. The molecular formula is C8H8N4O5. The lowest BCUT2D eigenvalue weighted by molar-refractivity contribution is -0.552. The van der Waals surface area contributed by atoms with E-state index in [1.165, 1.54) is 29.8 Å². The van der Waals surface area contributed by atoms with Crippen molar-refractivity contribution in [3.05, 3.63) is 50.1 Å². The van der Waals surface area contributed by atoms with Crippen LogP contribution >= 0.6 is 0 Å². The molecule has 0 saturated carbocycles. The average Bonchev–Trinajstić information content (AvgIpc) is 2.27. The standard InChI is InChI=1S/C8H8N4O5/c13-8(9-10-12(16)17)5-6-1-3-7(4-2-6)11(14)15/h1-4,10H,5H2,(H,9,13). The van der Waals surface area contributed by atoms with Crippen LogP contribution in [-0.2, 0) is 11.2 Å². The van der Waals surface area contributed by atoms with E-state index < -0.39 is 15.9 Å². The third-order valence-corrected chi connectivity index (χ3v) is 1.80. The lowest BCUT2D eigenvalue weighted by Crippen LogP contribution is -2.41. The minimum Gasteiger partial charge on any atom is -0.273 e. The minimum atomic E-state index is -0.909. The van der Waals surface area contributed by atoms with Crippen molar-refractivity contribution in [3.8, 4) is 0 Å². The lowest BCUT2D eigenvalue weighted by Gasteiger charge is -2.01. The van der Waals surface area contributed by atoms with Crippen LogP contribution in [0.3, 0.4) is 0 Å². The van der Waals surface area contributed by atoms with Crippen LogP contribution in [-0.4, -0.2) is 15.9 Å². The van der Waals surface area contributed by atoms with Crippen LogP contribution < -0.4 is 11.0 Å². The van der Waals surface area contributed by atoms with E-state index >= 15 is 0 Å². The van der Waals surface area contributed by atoms with Gasteiger partial charge in [-0.05, 0) is 11.1 Å². The molecular weight excluding hydrogens is 232 g/mol. The first-order valence-electron chi connectivity index (χ1n) is 4.41. The van der Waals surface area contributed by atoms with E-state index in [4.69, 9.17) is 0 Å². The number of hydrazine groups is 2. The molecule has 0 unspecified atom stereocenters. The highest BCUT2D eigenvalue weighted by Gasteiger charge is 2.08. The molecule has 1 amide bonds. The topological polar surface area (TPSA) is 127 Å². The molecule has 1 aromatic rings. The van der Waals surface area contributed by atoms with Gasteiger partial charge in [-0.3, -0.25) is 14.9 Å². The summed E-state index contributed by atoms with van der Waals surface area (Å²) in [5.74, 6) is -0.615. The van der Waals surface area contributed by atoms with E-state index in [0.717, 1.165) is 0 Å². The maximum Gasteiger partial charge on any atom is 0.269 e. The molecule has 0 atom stereocenters. The number of amides is 1. The highest BCUT2D eigenvalue weighted by Crippen LogP contribution is 2.11. The van der Waals surface area contributed by atoms with E-state index in [1.54, 1.807) is 0 Å². The van der Waals surface area contributed by atoms with Crippen molar-refractivity contribution >= 4 is 11.6 Å². The normalized spacial score (nSPS) is 9.41. The van der Waals surface area contributed by atoms with Crippen molar-refractivity contribution in [3.63, 3.8) is 0 Å². The fourth-order valence-corrected chi connectivity index (χ4v) is 1.07. The predicted molar refractivity (Wildman–Crippen MR) is 55.1 cm³/mol. The predicted octanol–water partition coefficient (Wildman–Crippen LogP) is -0.0502. The zero-order valence-corrected chi connectivity index (χ0v) is 8.45. The van der Waals surface area contributed by atoms with Gasteiger partial charge in [0.25, 0.3) is 5.69 Å². The maximum absolute atomic E-state index is 11.1. The van der Waals surface area contributed by atoms with E-state index in [9.17, 15) is 25.0 Å². The van der Waals surface area contributed by atoms with Crippen LogP contribution in [0.4, 0.5) is 5.69 Å². The van der Waals surface area contributed by atoms with Crippen LogP contribution in [0.25, 0.3) is 0 Å². The van der Waals surface area contributed by atoms with Gasteiger partial charge in [0.1, 0.15) is 0 Å². The van der Waals surface area contributed by atoms with Gasteiger partial charge in [-0.15, -0.1) is 0 Å². The number of hydrogen-bond donors (Lipinski definition) is 2. The summed E-state index contributed by atoms with van der Waals surface area (Å²) < 4.78 is 0. The van der Waals surface area contributed by atoms with Crippen LogP contribution in [0.5, 0.6) is 0 Å². The number of nitrogens with zero attached hydrogens (tertiary/aromatic N) is 2. The Kier molecular flexibility index (Phi) is 3.92. The molecule has 1 rings (SSSR count). The largest absolute Gasteiger partial charge is 0.273 e. The number of nitro groups is 2. The van der Waals surface area contributed by atoms with Gasteiger partial charge in [0.2, 0.25) is 5.91 Å². The Morgan fingerprint density at radius 1 is 1.18 bits per heavy atom. The molecule has 0 fully saturated rings. The first-order valence-corrected chi connectivity index (χ1v) is 4.41. The maximum atomic E-state index is 11.1. The second-order valence-corrected chi connectivity index (χ2v) is 3.02. The smallest absolute Gasteiger partial charge is 0.269 e. The van der Waals surface area contributed by atoms with Crippen molar-refractivity contribution in [2.45, 2.75) is 6.42 Å². The molecule has 0 aliphatic heterocycles. The first-order chi connectivity index (χ1) is 7.99. The number of nitro benzene ring substituents is 1. The third-order valence-electron chi connectivity index (χ3n) is 1.80. The number of benzene rings is 1. The molecule has 0 heterocycles. The fourth-order valence-electron chi connectivity index (χ4n) is 1.07. The Labute approximate surface area is 94.7 Å². The van der Waals surface area contributed by atoms with Crippen LogP contribution in [0, 0.1) is 20.2 Å². The number of carbonyl (C=O) groups is 1. The summed E-state index contributed by atoms with van der Waals surface area (Å²) in [6.45, 7) is 0. The molecule has 17 heavy (non-hydrogen) atoms. The van der Waals surface area contributed by atoms with Gasteiger partial charge < -0.3 is 0 Å². The Balaban J connectivity index is 2.54. The van der Waals surface area contributed by atoms with Gasteiger partial charge in [0.05, 0.1) is 11.3 Å². The summed E-state index contributed by atoms with van der Waals surface area (Å²) in [6.07, 6.45) is -0.112. The molecule has 0 aromatic heterocycles. The molecule has 90 valence electrons. The number of hydrogen-bond acceptors (Lipinski definition) is 5. The van der Waals surface area contributed by atoms with Gasteiger partial charge in [-0.25, -0.2) is 15.5 Å². The minimum absolute atomic E-state index is 0.0856. The molecule has 1 aromatic carbocycles. The monoisotopic (exact) mass is 240 g/mol. The average molecular weight is 240 g/mol. The number of carbonyl (C=O) groups excluding carboxylic acids is 1. The van der Waals surface area contributed by atoms with Crippen molar-refractivity contribution in [1.29, 1.82) is 0 Å². The Bertz CT molecular complexity index is 444. The van der Waals surface area contributed by atoms with Crippen LogP contribution in [0.15, 0.2) is 24.3 Å². The molecule has 0 aliphatic carbocycles. The van der Waals surface area contributed by atoms with Gasteiger partial charge in [0, 0.05) is 12.1 Å². The van der Waals surface area contributed by atoms with E-state index in [-0.39, 0.29) is 12.1 Å². The van der Waals surface area contributed by atoms with Gasteiger partial charge in [-0.1, -0.05) is 12.1 Å². The summed E-state index contributed by atoms with van der Waals surface area (Å²) >= 11 is 0. The Morgan fingerprint density at radius 2 is 1.76 bits per heavy atom. The van der Waals surface area contributed by atoms with Gasteiger partial charge in [0.15, 0.2) is 5.03 Å². The Hall–Kier alpha value is -2.71. The van der Waals surface area contributed by atoms with E-state index in [0.29, 0.717) is 5.56 Å². The SMILES string of the molecule is O=C(Cc1ccc([N+](=O)[O-])cc1)NN[N+](=O)[O-]. The fraction of sp³-hybridized carbons (Fsp3) is 0.125. The molecule has 2 N–H and O–H groups in total. The van der Waals surface area contributed by atoms with Crippen LogP contribution in [0.2, 0.25) is 0 Å². The van der Waals surface area contributed by atoms with E-state index in [2.05, 4.69) is 0 Å². The zero-order chi connectivity index (χ0) is 12.8. The van der Waals surface area contributed by atoms with Crippen LogP contribution in [0.1, 0.15) is 5.56 Å². The van der Waals surface area contributed by atoms with Crippen molar-refractivity contribution in [1.82, 2.24) is 11.0 Å². The summed E-state index contributed by atoms with van der Waals surface area (Å²) in [5, 5.41) is 19.3. The molecule has 0 bridgehead atoms. The summed E-state index contributed by atoms with van der Waals surface area (Å²) in [5.41, 5.74) is 3.78. The summed E-state index contributed by atoms with van der Waals surface area (Å²) in [6, 6.07) is 5.32. The van der Waals surface area contributed by atoms with Crippen molar-refractivity contribution in [2.75, 3.05) is 0 Å². The molecule has 0 saturated heterocycles. The third kappa shape index (κ3) is 4.11. The second-order valence-electron chi connectivity index (χ2n) is 3.02. The number of nitrogens with one attached hydrogen (secondary N) is 2.